The van der Waals surface area contributed by atoms with Crippen LogP contribution in [0.15, 0.2) is 23.2 Å². The van der Waals surface area contributed by atoms with Crippen LogP contribution in [0.5, 0.6) is 5.75 Å². The fraction of sp³-hybridized carbons (Fsp3) is 0.100. The van der Waals surface area contributed by atoms with Crippen LogP contribution in [0.25, 0.3) is 0 Å². The van der Waals surface area contributed by atoms with Crippen molar-refractivity contribution in [2.24, 2.45) is 4.99 Å². The third-order valence-electron chi connectivity index (χ3n) is 1.62. The number of carboxylic acid groups (broad SMARTS) is 1. The normalized spacial score (nSPS) is 9.06. The fourth-order valence-electron chi connectivity index (χ4n) is 1.05. The second-order valence-corrected chi connectivity index (χ2v) is 2.78. The van der Waals surface area contributed by atoms with Gasteiger partial charge in [-0.2, -0.15) is 4.99 Å². The first kappa shape index (κ1) is 11.6. The molecule has 0 atom stereocenters. The Kier molecular flexibility index (Phi) is 3.53. The first-order chi connectivity index (χ1) is 7.54. The van der Waals surface area contributed by atoms with Gasteiger partial charge >= 0.3 is 11.9 Å². The number of isocyanates is 1. The highest BCUT2D eigenvalue weighted by Crippen LogP contribution is 2.24. The van der Waals surface area contributed by atoms with Crippen LogP contribution >= 0.6 is 0 Å². The lowest BCUT2D eigenvalue weighted by atomic mass is 10.2. The van der Waals surface area contributed by atoms with E-state index >= 15 is 0 Å². The predicted octanol–water partition coefficient (Wildman–Crippen LogP) is 1.28. The minimum atomic E-state index is -1.28. The third-order valence-corrected chi connectivity index (χ3v) is 1.62. The van der Waals surface area contributed by atoms with Crippen molar-refractivity contribution in [3.05, 3.63) is 23.8 Å². The smallest absolute Gasteiger partial charge is 0.339 e. The summed E-state index contributed by atoms with van der Waals surface area (Å²) in [6, 6.07) is 3.71. The summed E-state index contributed by atoms with van der Waals surface area (Å²) in [5.74, 6) is -2.00. The van der Waals surface area contributed by atoms with Gasteiger partial charge in [-0.05, 0) is 18.2 Å². The third kappa shape index (κ3) is 2.76. The molecule has 0 bridgehead atoms. The molecule has 0 saturated heterocycles. The van der Waals surface area contributed by atoms with Crippen molar-refractivity contribution in [1.29, 1.82) is 0 Å². The van der Waals surface area contributed by atoms with Gasteiger partial charge < -0.3 is 9.84 Å². The second-order valence-electron chi connectivity index (χ2n) is 2.78. The number of carboxylic acids is 1. The van der Waals surface area contributed by atoms with Crippen LogP contribution in [0.3, 0.4) is 0 Å². The highest BCUT2D eigenvalue weighted by atomic mass is 16.5. The molecule has 0 spiro atoms. The molecule has 0 aliphatic rings. The van der Waals surface area contributed by atoms with Gasteiger partial charge in [-0.15, -0.1) is 0 Å². The van der Waals surface area contributed by atoms with Gasteiger partial charge in [0.25, 0.3) is 0 Å². The maximum atomic E-state index is 10.8. The van der Waals surface area contributed by atoms with Crippen LogP contribution in [0.1, 0.15) is 17.3 Å². The molecular weight excluding hydrogens is 214 g/mol. The average Bonchev–Trinajstić information content (AvgIpc) is 2.19. The van der Waals surface area contributed by atoms with E-state index in [0.717, 1.165) is 13.0 Å². The Morgan fingerprint density at radius 3 is 2.62 bits per heavy atom. The van der Waals surface area contributed by atoms with Gasteiger partial charge in [-0.3, -0.25) is 4.79 Å². The fourth-order valence-corrected chi connectivity index (χ4v) is 1.05. The Morgan fingerprint density at radius 1 is 1.44 bits per heavy atom. The number of carbonyl (C=O) groups is 2. The Hall–Kier alpha value is -2.46. The molecule has 1 N–H and O–H groups in total. The zero-order valence-electron chi connectivity index (χ0n) is 8.26. The SMILES string of the molecule is CC(=O)Oc1ccc(N=C=O)cc1C(=O)O. The number of rotatable bonds is 3. The van der Waals surface area contributed by atoms with Crippen LogP contribution in [0.4, 0.5) is 5.69 Å². The molecule has 0 fully saturated rings. The van der Waals surface area contributed by atoms with E-state index in [9.17, 15) is 14.4 Å². The molecule has 0 radical (unpaired) electrons. The summed E-state index contributed by atoms with van der Waals surface area (Å²) >= 11 is 0. The maximum absolute atomic E-state index is 10.8. The quantitative estimate of drug-likeness (QED) is 0.359. The Morgan fingerprint density at radius 2 is 2.12 bits per heavy atom. The van der Waals surface area contributed by atoms with Crippen LogP contribution in [-0.4, -0.2) is 23.1 Å². The molecule has 0 aliphatic heterocycles. The molecule has 0 heterocycles. The topological polar surface area (TPSA) is 93.0 Å². The zero-order chi connectivity index (χ0) is 12.1. The van der Waals surface area contributed by atoms with Crippen LogP contribution in [-0.2, 0) is 9.59 Å². The molecule has 0 saturated carbocycles. The number of nitrogens with zero attached hydrogens (tertiary/aromatic N) is 1. The van der Waals surface area contributed by atoms with Crippen molar-refractivity contribution in [1.82, 2.24) is 0 Å². The number of carbonyl (C=O) groups excluding carboxylic acids is 2. The van der Waals surface area contributed by atoms with E-state index in [1.165, 1.54) is 18.2 Å². The number of benzene rings is 1. The van der Waals surface area contributed by atoms with Crippen molar-refractivity contribution < 1.29 is 24.2 Å². The highest BCUT2D eigenvalue weighted by Gasteiger charge is 2.13. The van der Waals surface area contributed by atoms with Crippen LogP contribution in [0, 0.1) is 0 Å². The lowest BCUT2D eigenvalue weighted by molar-refractivity contribution is -0.131. The molecule has 16 heavy (non-hydrogen) atoms. The van der Waals surface area contributed by atoms with Gasteiger partial charge in [0.15, 0.2) is 0 Å². The number of esters is 1. The van der Waals surface area contributed by atoms with E-state index in [1.807, 2.05) is 0 Å². The van der Waals surface area contributed by atoms with Crippen molar-refractivity contribution in [2.45, 2.75) is 6.92 Å². The van der Waals surface area contributed by atoms with Crippen molar-refractivity contribution in [3.63, 3.8) is 0 Å². The predicted molar refractivity (Wildman–Crippen MR) is 52.5 cm³/mol. The highest BCUT2D eigenvalue weighted by molar-refractivity contribution is 5.93. The Bertz CT molecular complexity index is 488. The molecule has 6 nitrogen and oxygen atoms in total. The monoisotopic (exact) mass is 221 g/mol. The Labute approximate surface area is 90.2 Å². The number of aliphatic imine (C=N–C) groups is 1. The van der Waals surface area contributed by atoms with Crippen molar-refractivity contribution >= 4 is 23.7 Å². The molecule has 1 aromatic carbocycles. The van der Waals surface area contributed by atoms with Gasteiger partial charge in [0.1, 0.15) is 11.3 Å². The molecule has 0 aliphatic carbocycles. The second kappa shape index (κ2) is 4.86. The molecule has 1 rings (SSSR count). The lowest BCUT2D eigenvalue weighted by Gasteiger charge is -2.05. The Balaban J connectivity index is 3.24. The van der Waals surface area contributed by atoms with Crippen molar-refractivity contribution in [3.8, 4) is 5.75 Å². The standard InChI is InChI=1S/C10H7NO5/c1-6(13)16-9-3-2-7(11-5-12)4-8(9)10(14)15/h2-4H,1H3,(H,14,15). The lowest BCUT2D eigenvalue weighted by Crippen LogP contribution is -2.07. The summed E-state index contributed by atoms with van der Waals surface area (Å²) in [6.45, 7) is 1.16. The average molecular weight is 221 g/mol. The summed E-state index contributed by atoms with van der Waals surface area (Å²) in [4.78, 5) is 34.8. The molecular formula is C10H7NO5. The van der Waals surface area contributed by atoms with Crippen LogP contribution < -0.4 is 4.74 Å². The summed E-state index contributed by atoms with van der Waals surface area (Å²) in [5, 5.41) is 8.84. The first-order valence-corrected chi connectivity index (χ1v) is 4.18. The number of hydrogen-bond acceptors (Lipinski definition) is 5. The zero-order valence-corrected chi connectivity index (χ0v) is 8.26. The minimum absolute atomic E-state index is 0.0927. The van der Waals surface area contributed by atoms with E-state index in [2.05, 4.69) is 9.73 Å². The first-order valence-electron chi connectivity index (χ1n) is 4.18. The summed E-state index contributed by atoms with van der Waals surface area (Å²) in [6.07, 6.45) is 1.28. The molecule has 0 unspecified atom stereocenters. The van der Waals surface area contributed by atoms with Crippen molar-refractivity contribution in [2.75, 3.05) is 0 Å². The van der Waals surface area contributed by atoms with E-state index in [4.69, 9.17) is 5.11 Å². The van der Waals surface area contributed by atoms with Gasteiger partial charge in [0.05, 0.1) is 5.69 Å². The summed E-state index contributed by atoms with van der Waals surface area (Å²) in [7, 11) is 0. The largest absolute Gasteiger partial charge is 0.478 e. The van der Waals surface area contributed by atoms with Gasteiger partial charge in [-0.1, -0.05) is 0 Å². The van der Waals surface area contributed by atoms with E-state index in [-0.39, 0.29) is 17.0 Å². The summed E-state index contributed by atoms with van der Waals surface area (Å²) < 4.78 is 4.68. The van der Waals surface area contributed by atoms with Gasteiger partial charge in [0.2, 0.25) is 6.08 Å². The molecule has 0 amide bonds. The van der Waals surface area contributed by atoms with E-state index in [1.54, 1.807) is 0 Å². The minimum Gasteiger partial charge on any atom is -0.478 e. The molecule has 6 heteroatoms. The van der Waals surface area contributed by atoms with E-state index in [0.29, 0.717) is 0 Å². The van der Waals surface area contributed by atoms with E-state index < -0.39 is 11.9 Å². The number of aromatic carboxylic acids is 1. The molecule has 1 aromatic rings. The molecule has 82 valence electrons. The van der Waals surface area contributed by atoms with Crippen LogP contribution in [0.2, 0.25) is 0 Å². The molecule has 0 aromatic heterocycles. The number of ether oxygens (including phenoxy) is 1. The number of hydrogen-bond donors (Lipinski definition) is 1. The van der Waals surface area contributed by atoms with Gasteiger partial charge in [0, 0.05) is 6.92 Å². The maximum Gasteiger partial charge on any atom is 0.339 e. The van der Waals surface area contributed by atoms with Gasteiger partial charge in [-0.25, -0.2) is 9.59 Å². The summed E-state index contributed by atoms with van der Waals surface area (Å²) in [5.41, 5.74) is -0.116.